The summed E-state index contributed by atoms with van der Waals surface area (Å²) in [5.74, 6) is -4.62. The molecule has 0 bridgehead atoms. The van der Waals surface area contributed by atoms with Crippen LogP contribution in [0.1, 0.15) is 19.8 Å². The van der Waals surface area contributed by atoms with Gasteiger partial charge in [-0.25, -0.2) is 26.0 Å². The van der Waals surface area contributed by atoms with Gasteiger partial charge in [0.1, 0.15) is 11.6 Å². The van der Waals surface area contributed by atoms with Gasteiger partial charge < -0.3 is 9.64 Å². The van der Waals surface area contributed by atoms with Crippen molar-refractivity contribution in [3.63, 3.8) is 0 Å². The lowest BCUT2D eigenvalue weighted by Gasteiger charge is -2.28. The maximum absolute atomic E-state index is 15.3. The number of halogens is 4. The Kier molecular flexibility index (Phi) is 6.81. The summed E-state index contributed by atoms with van der Waals surface area (Å²) < 4.78 is 87.8. The number of hydrogen-bond acceptors (Lipinski definition) is 5. The standard InChI is InChI=1S/C21H23F4NO3S2/c1-21(24,25)8-7-13-12-26(15-6-4-5-14(22)9-15)16-10-18(30-3)17(29-2)11-19(16)31(27,28)20(13)23/h4-6,9-11,13,20H,7-8,12H2,1-3H3. The lowest BCUT2D eigenvalue weighted by Crippen LogP contribution is -2.32. The Labute approximate surface area is 183 Å². The zero-order chi connectivity index (χ0) is 23.0. The van der Waals surface area contributed by atoms with Crippen molar-refractivity contribution >= 4 is 33.0 Å². The zero-order valence-corrected chi connectivity index (χ0v) is 18.9. The highest BCUT2D eigenvalue weighted by atomic mass is 32.2. The number of rotatable bonds is 6. The van der Waals surface area contributed by atoms with Gasteiger partial charge in [0.25, 0.3) is 0 Å². The van der Waals surface area contributed by atoms with Crippen molar-refractivity contribution in [3.05, 3.63) is 42.2 Å². The van der Waals surface area contributed by atoms with Gasteiger partial charge in [0.15, 0.2) is 0 Å². The Morgan fingerprint density at radius 2 is 1.97 bits per heavy atom. The molecule has 0 radical (unpaired) electrons. The lowest BCUT2D eigenvalue weighted by molar-refractivity contribution is 0.00529. The van der Waals surface area contributed by atoms with Gasteiger partial charge >= 0.3 is 0 Å². The molecule has 2 aromatic carbocycles. The second-order valence-corrected chi connectivity index (χ2v) is 10.4. The highest BCUT2D eigenvalue weighted by molar-refractivity contribution is 7.98. The summed E-state index contributed by atoms with van der Waals surface area (Å²) in [5, 5.41) is 0. The zero-order valence-electron chi connectivity index (χ0n) is 17.2. The van der Waals surface area contributed by atoms with Gasteiger partial charge in [-0.2, -0.15) is 0 Å². The first kappa shape index (κ1) is 23.7. The van der Waals surface area contributed by atoms with Gasteiger partial charge in [0.05, 0.1) is 22.6 Å². The third-order valence-corrected chi connectivity index (χ3v) is 7.90. The largest absolute Gasteiger partial charge is 0.496 e. The summed E-state index contributed by atoms with van der Waals surface area (Å²) in [6.45, 7) is 0.507. The van der Waals surface area contributed by atoms with E-state index in [0.29, 0.717) is 17.5 Å². The summed E-state index contributed by atoms with van der Waals surface area (Å²) in [4.78, 5) is 1.77. The Morgan fingerprint density at radius 3 is 2.55 bits per heavy atom. The fourth-order valence-corrected chi connectivity index (χ4v) is 5.90. The summed E-state index contributed by atoms with van der Waals surface area (Å²) in [6.07, 6.45) is 0.753. The molecule has 1 aliphatic rings. The van der Waals surface area contributed by atoms with E-state index < -0.39 is 39.4 Å². The van der Waals surface area contributed by atoms with E-state index in [2.05, 4.69) is 0 Å². The minimum atomic E-state index is -4.52. The maximum atomic E-state index is 15.3. The molecule has 2 unspecified atom stereocenters. The van der Waals surface area contributed by atoms with Crippen molar-refractivity contribution < 1.29 is 30.7 Å². The van der Waals surface area contributed by atoms with Gasteiger partial charge in [-0.1, -0.05) is 6.07 Å². The molecular weight excluding hydrogens is 454 g/mol. The van der Waals surface area contributed by atoms with Crippen LogP contribution in [0.4, 0.5) is 28.9 Å². The number of thioether (sulfide) groups is 1. The molecule has 0 amide bonds. The molecule has 0 aromatic heterocycles. The van der Waals surface area contributed by atoms with Crippen molar-refractivity contribution in [2.45, 2.75) is 41.0 Å². The predicted molar refractivity (Wildman–Crippen MR) is 114 cm³/mol. The van der Waals surface area contributed by atoms with E-state index in [9.17, 15) is 21.6 Å². The van der Waals surface area contributed by atoms with Gasteiger partial charge in [0, 0.05) is 30.6 Å². The number of alkyl halides is 3. The van der Waals surface area contributed by atoms with Crippen LogP contribution in [0.5, 0.6) is 5.75 Å². The van der Waals surface area contributed by atoms with Crippen LogP contribution in [-0.2, 0) is 9.84 Å². The molecule has 0 fully saturated rings. The minimum absolute atomic E-state index is 0.157. The molecule has 1 heterocycles. The van der Waals surface area contributed by atoms with Crippen LogP contribution in [0.15, 0.2) is 46.2 Å². The molecule has 0 spiro atoms. The normalized spacial score (nSPS) is 20.8. The number of sulfone groups is 1. The molecule has 1 aliphatic heterocycles. The summed E-state index contributed by atoms with van der Waals surface area (Å²) >= 11 is 1.30. The first-order chi connectivity index (χ1) is 14.5. The van der Waals surface area contributed by atoms with Crippen molar-refractivity contribution in [1.82, 2.24) is 0 Å². The fourth-order valence-electron chi connectivity index (χ4n) is 3.63. The first-order valence-electron chi connectivity index (χ1n) is 9.53. The summed E-state index contributed by atoms with van der Waals surface area (Å²) in [6, 6.07) is 8.23. The van der Waals surface area contributed by atoms with E-state index in [1.165, 1.54) is 48.0 Å². The predicted octanol–water partition coefficient (Wildman–Crippen LogP) is 5.83. The quantitative estimate of drug-likeness (QED) is 0.387. The van der Waals surface area contributed by atoms with E-state index in [1.54, 1.807) is 18.4 Å². The van der Waals surface area contributed by atoms with Gasteiger partial charge in [0.2, 0.25) is 21.3 Å². The number of fused-ring (bicyclic) bond motifs is 1. The molecule has 4 nitrogen and oxygen atoms in total. The van der Waals surface area contributed by atoms with Crippen LogP contribution < -0.4 is 9.64 Å². The number of benzene rings is 2. The molecule has 3 rings (SSSR count). The average molecular weight is 478 g/mol. The van der Waals surface area contributed by atoms with E-state index in [4.69, 9.17) is 4.74 Å². The Bertz CT molecular complexity index is 1060. The van der Waals surface area contributed by atoms with E-state index in [0.717, 1.165) is 0 Å². The molecule has 170 valence electrons. The topological polar surface area (TPSA) is 46.6 Å². The Balaban J connectivity index is 2.22. The first-order valence-corrected chi connectivity index (χ1v) is 12.3. The molecule has 0 saturated heterocycles. The van der Waals surface area contributed by atoms with E-state index in [-0.39, 0.29) is 29.3 Å². The highest BCUT2D eigenvalue weighted by Crippen LogP contribution is 2.45. The fraction of sp³-hybridized carbons (Fsp3) is 0.429. The number of hydrogen-bond donors (Lipinski definition) is 0. The van der Waals surface area contributed by atoms with Crippen molar-refractivity contribution in [1.29, 1.82) is 0 Å². The number of nitrogens with zero attached hydrogens (tertiary/aromatic N) is 1. The SMILES string of the molecule is COc1cc2c(cc1SC)N(c1cccc(F)c1)CC(CCC(C)(F)F)C(F)S2(=O)=O. The third-order valence-electron chi connectivity index (χ3n) is 5.22. The lowest BCUT2D eigenvalue weighted by atomic mass is 10.0. The second-order valence-electron chi connectivity index (χ2n) is 7.53. The highest BCUT2D eigenvalue weighted by Gasteiger charge is 2.43. The smallest absolute Gasteiger partial charge is 0.245 e. The van der Waals surface area contributed by atoms with Crippen LogP contribution in [0.3, 0.4) is 0 Å². The third kappa shape index (κ3) is 4.95. The molecule has 2 atom stereocenters. The van der Waals surface area contributed by atoms with Crippen LogP contribution >= 0.6 is 11.8 Å². The van der Waals surface area contributed by atoms with Crippen LogP contribution in [0, 0.1) is 11.7 Å². The second kappa shape index (κ2) is 8.90. The van der Waals surface area contributed by atoms with Crippen LogP contribution in [-0.4, -0.2) is 39.8 Å². The van der Waals surface area contributed by atoms with Crippen molar-refractivity contribution in [2.24, 2.45) is 5.92 Å². The molecular formula is C21H23F4NO3S2. The van der Waals surface area contributed by atoms with E-state index >= 15 is 4.39 Å². The average Bonchev–Trinajstić information content (AvgIpc) is 2.78. The molecule has 0 N–H and O–H groups in total. The molecule has 2 aromatic rings. The Morgan fingerprint density at radius 1 is 1.26 bits per heavy atom. The molecule has 0 aliphatic carbocycles. The monoisotopic (exact) mass is 477 g/mol. The number of anilines is 2. The Hall–Kier alpha value is -1.94. The van der Waals surface area contributed by atoms with Crippen LogP contribution in [0.25, 0.3) is 0 Å². The summed E-state index contributed by atoms with van der Waals surface area (Å²) in [7, 11) is -3.15. The molecule has 31 heavy (non-hydrogen) atoms. The number of ether oxygens (including phenoxy) is 1. The van der Waals surface area contributed by atoms with Crippen molar-refractivity contribution in [3.8, 4) is 5.75 Å². The van der Waals surface area contributed by atoms with Crippen molar-refractivity contribution in [2.75, 3.05) is 24.8 Å². The maximum Gasteiger partial charge on any atom is 0.245 e. The van der Waals surface area contributed by atoms with Crippen LogP contribution in [0.2, 0.25) is 0 Å². The van der Waals surface area contributed by atoms with Gasteiger partial charge in [-0.05, 0) is 43.9 Å². The molecule has 10 heteroatoms. The van der Waals surface area contributed by atoms with E-state index in [1.807, 2.05) is 0 Å². The molecule has 0 saturated carbocycles. The van der Waals surface area contributed by atoms with Gasteiger partial charge in [-0.15, -0.1) is 11.8 Å². The minimum Gasteiger partial charge on any atom is -0.496 e. The van der Waals surface area contributed by atoms with Gasteiger partial charge in [-0.3, -0.25) is 0 Å². The number of methoxy groups -OCH3 is 1. The summed E-state index contributed by atoms with van der Waals surface area (Å²) in [5.41, 5.74) is -1.93.